The standard InChI is InChI=1S/C23H28ClN3OS/c24-20-10-8-19(9-11-20)21-16-25-23(29-17-22(28)26-13-4-5-14-26)27(21)15-12-18-6-2-1-3-7-18/h6,8-11,16H,1-5,7,12-15,17H2. The maximum absolute atomic E-state index is 12.5. The van der Waals surface area contributed by atoms with E-state index in [0.29, 0.717) is 5.75 Å². The molecule has 6 heteroatoms. The van der Waals surface area contributed by atoms with Crippen molar-refractivity contribution >= 4 is 29.3 Å². The van der Waals surface area contributed by atoms with Crippen molar-refractivity contribution in [2.45, 2.75) is 56.6 Å². The van der Waals surface area contributed by atoms with Gasteiger partial charge in [-0.25, -0.2) is 4.98 Å². The van der Waals surface area contributed by atoms with Gasteiger partial charge in [0.05, 0.1) is 17.6 Å². The first-order valence-electron chi connectivity index (χ1n) is 10.6. The van der Waals surface area contributed by atoms with E-state index in [1.54, 1.807) is 17.3 Å². The molecule has 2 aliphatic rings. The molecule has 2 heterocycles. The molecule has 1 saturated heterocycles. The summed E-state index contributed by atoms with van der Waals surface area (Å²) in [4.78, 5) is 19.2. The van der Waals surface area contributed by atoms with Crippen LogP contribution in [0.3, 0.4) is 0 Å². The number of nitrogens with zero attached hydrogens (tertiary/aromatic N) is 3. The van der Waals surface area contributed by atoms with Crippen LogP contribution in [-0.4, -0.2) is 39.2 Å². The van der Waals surface area contributed by atoms with Gasteiger partial charge in [-0.1, -0.05) is 47.1 Å². The van der Waals surface area contributed by atoms with E-state index in [2.05, 4.69) is 15.6 Å². The van der Waals surface area contributed by atoms with Crippen LogP contribution in [0.15, 0.2) is 47.3 Å². The highest BCUT2D eigenvalue weighted by molar-refractivity contribution is 7.99. The molecule has 1 aromatic carbocycles. The number of hydrogen-bond donors (Lipinski definition) is 0. The first kappa shape index (κ1) is 20.5. The number of rotatable bonds is 7. The molecule has 4 nitrogen and oxygen atoms in total. The zero-order chi connectivity index (χ0) is 20.1. The van der Waals surface area contributed by atoms with E-state index < -0.39 is 0 Å². The predicted molar refractivity (Wildman–Crippen MR) is 120 cm³/mol. The molecule has 4 rings (SSSR count). The van der Waals surface area contributed by atoms with Crippen molar-refractivity contribution in [3.63, 3.8) is 0 Å². The van der Waals surface area contributed by atoms with Gasteiger partial charge in [-0.2, -0.15) is 0 Å². The number of carbonyl (C=O) groups excluding carboxylic acids is 1. The summed E-state index contributed by atoms with van der Waals surface area (Å²) >= 11 is 7.64. The molecule has 1 fully saturated rings. The van der Waals surface area contributed by atoms with E-state index in [0.717, 1.165) is 60.3 Å². The largest absolute Gasteiger partial charge is 0.342 e. The lowest BCUT2D eigenvalue weighted by atomic mass is 9.97. The molecule has 0 unspecified atom stereocenters. The molecule has 1 aliphatic carbocycles. The minimum atomic E-state index is 0.227. The van der Waals surface area contributed by atoms with Crippen LogP contribution in [0.5, 0.6) is 0 Å². The van der Waals surface area contributed by atoms with Gasteiger partial charge in [0.25, 0.3) is 0 Å². The third kappa shape index (κ3) is 5.26. The molecule has 154 valence electrons. The molecular weight excluding hydrogens is 402 g/mol. The maximum atomic E-state index is 12.5. The van der Waals surface area contributed by atoms with Crippen LogP contribution in [0.1, 0.15) is 44.9 Å². The minimum absolute atomic E-state index is 0.227. The second kappa shape index (κ2) is 9.86. The van der Waals surface area contributed by atoms with Gasteiger partial charge >= 0.3 is 0 Å². The van der Waals surface area contributed by atoms with Gasteiger partial charge in [-0.3, -0.25) is 4.79 Å². The van der Waals surface area contributed by atoms with Crippen molar-refractivity contribution in [2.24, 2.45) is 0 Å². The normalized spacial score (nSPS) is 16.9. The Morgan fingerprint density at radius 3 is 2.62 bits per heavy atom. The summed E-state index contributed by atoms with van der Waals surface area (Å²) in [5, 5.41) is 1.66. The van der Waals surface area contributed by atoms with E-state index >= 15 is 0 Å². The van der Waals surface area contributed by atoms with Gasteiger partial charge in [0.15, 0.2) is 5.16 Å². The predicted octanol–water partition coefficient (Wildman–Crippen LogP) is 5.81. The summed E-state index contributed by atoms with van der Waals surface area (Å²) in [5.41, 5.74) is 3.75. The first-order chi connectivity index (χ1) is 14.2. The lowest BCUT2D eigenvalue weighted by Crippen LogP contribution is -2.29. The van der Waals surface area contributed by atoms with Crippen molar-refractivity contribution in [3.05, 3.63) is 47.1 Å². The fourth-order valence-corrected chi connectivity index (χ4v) is 5.15. The van der Waals surface area contributed by atoms with E-state index in [4.69, 9.17) is 11.6 Å². The number of likely N-dealkylation sites (tertiary alicyclic amines) is 1. The number of halogens is 1. The van der Waals surface area contributed by atoms with E-state index in [1.165, 1.54) is 25.7 Å². The van der Waals surface area contributed by atoms with Crippen molar-refractivity contribution in [3.8, 4) is 11.3 Å². The van der Waals surface area contributed by atoms with E-state index in [9.17, 15) is 4.79 Å². The smallest absolute Gasteiger partial charge is 0.233 e. The Bertz CT molecular complexity index is 869. The van der Waals surface area contributed by atoms with Crippen molar-refractivity contribution < 1.29 is 4.79 Å². The zero-order valence-electron chi connectivity index (χ0n) is 16.8. The Kier molecular flexibility index (Phi) is 6.98. The summed E-state index contributed by atoms with van der Waals surface area (Å²) in [6.45, 7) is 2.69. The Hall–Kier alpha value is -1.72. The average molecular weight is 430 g/mol. The average Bonchev–Trinajstić information content (AvgIpc) is 3.42. The summed E-state index contributed by atoms with van der Waals surface area (Å²) in [5.74, 6) is 0.685. The number of allylic oxidation sites excluding steroid dienone is 2. The van der Waals surface area contributed by atoms with Crippen LogP contribution >= 0.6 is 23.4 Å². The highest BCUT2D eigenvalue weighted by atomic mass is 35.5. The summed E-state index contributed by atoms with van der Waals surface area (Å²) in [6.07, 6.45) is 12.7. The summed E-state index contributed by atoms with van der Waals surface area (Å²) in [6, 6.07) is 7.92. The van der Waals surface area contributed by atoms with Crippen molar-refractivity contribution in [1.29, 1.82) is 0 Å². The second-order valence-corrected chi connectivity index (χ2v) is 9.20. The van der Waals surface area contributed by atoms with E-state index in [-0.39, 0.29) is 5.91 Å². The molecule has 0 atom stereocenters. The number of hydrogen-bond acceptors (Lipinski definition) is 3. The number of aromatic nitrogens is 2. The topological polar surface area (TPSA) is 38.1 Å². The molecule has 2 aromatic rings. The molecule has 1 aromatic heterocycles. The third-order valence-corrected chi connectivity index (χ3v) is 7.01. The van der Waals surface area contributed by atoms with Crippen molar-refractivity contribution in [2.75, 3.05) is 18.8 Å². The number of imidazole rings is 1. The van der Waals surface area contributed by atoms with Gasteiger partial charge in [0.1, 0.15) is 0 Å². The third-order valence-electron chi connectivity index (χ3n) is 5.78. The monoisotopic (exact) mass is 429 g/mol. The number of thioether (sulfide) groups is 1. The summed E-state index contributed by atoms with van der Waals surface area (Å²) in [7, 11) is 0. The van der Waals surface area contributed by atoms with Crippen LogP contribution in [0.25, 0.3) is 11.3 Å². The Morgan fingerprint density at radius 2 is 1.90 bits per heavy atom. The van der Waals surface area contributed by atoms with Crippen LogP contribution in [0.4, 0.5) is 0 Å². The van der Waals surface area contributed by atoms with Crippen LogP contribution in [-0.2, 0) is 11.3 Å². The molecular formula is C23H28ClN3OS. The van der Waals surface area contributed by atoms with Crippen LogP contribution in [0, 0.1) is 0 Å². The molecule has 0 radical (unpaired) electrons. The SMILES string of the molecule is O=C(CSc1ncc(-c2ccc(Cl)cc2)n1CCC1=CCCCC1)N1CCCC1. The quantitative estimate of drug-likeness (QED) is 0.411. The number of carbonyl (C=O) groups is 1. The molecule has 1 aliphatic heterocycles. The highest BCUT2D eigenvalue weighted by Gasteiger charge is 2.20. The Labute approximate surface area is 182 Å². The lowest BCUT2D eigenvalue weighted by Gasteiger charge is -2.17. The Balaban J connectivity index is 1.52. The zero-order valence-corrected chi connectivity index (χ0v) is 18.4. The summed E-state index contributed by atoms with van der Waals surface area (Å²) < 4.78 is 2.28. The molecule has 1 amide bonds. The lowest BCUT2D eigenvalue weighted by molar-refractivity contribution is -0.127. The van der Waals surface area contributed by atoms with Crippen molar-refractivity contribution in [1.82, 2.24) is 14.5 Å². The second-order valence-electron chi connectivity index (χ2n) is 7.82. The minimum Gasteiger partial charge on any atom is -0.342 e. The van der Waals surface area contributed by atoms with Gasteiger partial charge in [-0.15, -0.1) is 0 Å². The molecule has 0 spiro atoms. The Morgan fingerprint density at radius 1 is 1.10 bits per heavy atom. The molecule has 0 saturated carbocycles. The van der Waals surface area contributed by atoms with Gasteiger partial charge in [0.2, 0.25) is 5.91 Å². The number of amides is 1. The molecule has 0 N–H and O–H groups in total. The molecule has 0 bridgehead atoms. The van der Waals surface area contributed by atoms with Gasteiger partial charge in [-0.05, 0) is 62.6 Å². The van der Waals surface area contributed by atoms with Gasteiger partial charge < -0.3 is 9.47 Å². The first-order valence-corrected chi connectivity index (χ1v) is 12.0. The molecule has 29 heavy (non-hydrogen) atoms. The van der Waals surface area contributed by atoms with Gasteiger partial charge in [0, 0.05) is 24.7 Å². The van der Waals surface area contributed by atoms with Crippen LogP contribution in [0.2, 0.25) is 5.02 Å². The fraction of sp³-hybridized carbons (Fsp3) is 0.478. The number of benzene rings is 1. The van der Waals surface area contributed by atoms with Crippen LogP contribution < -0.4 is 0 Å². The maximum Gasteiger partial charge on any atom is 0.233 e. The fourth-order valence-electron chi connectivity index (χ4n) is 4.11. The van der Waals surface area contributed by atoms with E-state index in [1.807, 2.05) is 35.4 Å². The highest BCUT2D eigenvalue weighted by Crippen LogP contribution is 2.29.